The fraction of sp³-hybridized carbons (Fsp3) is 0. The summed E-state index contributed by atoms with van der Waals surface area (Å²) >= 11 is 7.01. The summed E-state index contributed by atoms with van der Waals surface area (Å²) in [6.45, 7) is 0. The molecule has 0 saturated heterocycles. The summed E-state index contributed by atoms with van der Waals surface area (Å²) in [4.78, 5) is 22.7. The van der Waals surface area contributed by atoms with Crippen molar-refractivity contribution >= 4 is 41.8 Å². The minimum atomic E-state index is -0.123. The number of carbonyl (C=O) groups excluding carboxylic acids is 2. The molecule has 0 amide bonds. The highest BCUT2D eigenvalue weighted by atomic mass is 35.5. The molecule has 3 aromatic rings. The molecule has 0 atom stereocenters. The zero-order valence-electron chi connectivity index (χ0n) is 13.5. The molecule has 130 valence electrons. The van der Waals surface area contributed by atoms with Gasteiger partial charge in [0.2, 0.25) is 0 Å². The molecule has 0 aliphatic carbocycles. The number of anilines is 1. The number of rotatable bonds is 6. The van der Waals surface area contributed by atoms with Crippen LogP contribution in [0.5, 0.6) is 5.75 Å². The third-order valence-corrected chi connectivity index (χ3v) is 4.89. The van der Waals surface area contributed by atoms with Crippen LogP contribution in [0, 0.1) is 0 Å². The number of carbonyl (C=O) groups is 2. The van der Waals surface area contributed by atoms with Gasteiger partial charge < -0.3 is 9.83 Å². The molecule has 0 radical (unpaired) electrons. The van der Waals surface area contributed by atoms with Gasteiger partial charge in [0.15, 0.2) is 6.29 Å². The van der Waals surface area contributed by atoms with Crippen molar-refractivity contribution in [3.8, 4) is 16.9 Å². The van der Waals surface area contributed by atoms with Crippen LogP contribution in [0.1, 0.15) is 20.7 Å². The number of halogens is 1. The number of phenols is 1. The van der Waals surface area contributed by atoms with Crippen LogP contribution in [0.2, 0.25) is 5.02 Å². The maximum absolute atomic E-state index is 11.3. The molecule has 6 heteroatoms. The Morgan fingerprint density at radius 1 is 0.923 bits per heavy atom. The summed E-state index contributed by atoms with van der Waals surface area (Å²) in [5.41, 5.74) is 3.40. The average molecular weight is 384 g/mol. The molecular weight excluding hydrogens is 370 g/mol. The van der Waals surface area contributed by atoms with Crippen molar-refractivity contribution in [1.82, 2.24) is 0 Å². The van der Waals surface area contributed by atoms with E-state index in [1.165, 1.54) is 12.1 Å². The standard InChI is InChI=1S/C20H14ClNO3S/c21-17-8-13(11-23)9-19(20(17)25)26-22-18-10-15(6-7-16(18)12-24)14-4-2-1-3-5-14/h1-12,22,25H. The second kappa shape index (κ2) is 8.08. The maximum Gasteiger partial charge on any atom is 0.152 e. The Morgan fingerprint density at radius 2 is 1.69 bits per heavy atom. The first kappa shape index (κ1) is 18.0. The molecule has 0 unspecified atom stereocenters. The third-order valence-electron chi connectivity index (χ3n) is 3.75. The first-order chi connectivity index (χ1) is 12.6. The first-order valence-corrected chi connectivity index (χ1v) is 8.87. The Hall–Kier alpha value is -2.76. The number of benzene rings is 3. The molecule has 0 heterocycles. The molecule has 3 rings (SSSR count). The fourth-order valence-corrected chi connectivity index (χ4v) is 3.49. The van der Waals surface area contributed by atoms with Gasteiger partial charge in [-0.1, -0.05) is 48.0 Å². The van der Waals surface area contributed by atoms with Crippen LogP contribution in [0.3, 0.4) is 0 Å². The van der Waals surface area contributed by atoms with E-state index in [9.17, 15) is 14.7 Å². The predicted molar refractivity (Wildman–Crippen MR) is 105 cm³/mol. The summed E-state index contributed by atoms with van der Waals surface area (Å²) in [6.07, 6.45) is 1.41. The van der Waals surface area contributed by atoms with Gasteiger partial charge >= 0.3 is 0 Å². The van der Waals surface area contributed by atoms with Crippen molar-refractivity contribution in [2.24, 2.45) is 0 Å². The minimum Gasteiger partial charge on any atom is -0.505 e. The quantitative estimate of drug-likeness (QED) is 0.437. The number of aldehydes is 2. The summed E-state index contributed by atoms with van der Waals surface area (Å²) in [6, 6.07) is 18.1. The zero-order valence-corrected chi connectivity index (χ0v) is 15.1. The first-order valence-electron chi connectivity index (χ1n) is 7.67. The largest absolute Gasteiger partial charge is 0.505 e. The number of nitrogens with one attached hydrogen (secondary N) is 1. The zero-order chi connectivity index (χ0) is 18.5. The molecule has 26 heavy (non-hydrogen) atoms. The Morgan fingerprint density at radius 3 is 2.38 bits per heavy atom. The van der Waals surface area contributed by atoms with Crippen LogP contribution in [0.25, 0.3) is 11.1 Å². The molecular formula is C20H14ClNO3S. The van der Waals surface area contributed by atoms with Gasteiger partial charge in [-0.05, 0) is 47.3 Å². The number of hydrogen-bond acceptors (Lipinski definition) is 5. The molecule has 0 fully saturated rings. The fourth-order valence-electron chi connectivity index (χ4n) is 2.41. The van der Waals surface area contributed by atoms with Crippen molar-refractivity contribution in [3.63, 3.8) is 0 Å². The SMILES string of the molecule is O=Cc1cc(Cl)c(O)c(SNc2cc(-c3ccccc3)ccc2C=O)c1. The van der Waals surface area contributed by atoms with Crippen LogP contribution < -0.4 is 4.72 Å². The lowest BCUT2D eigenvalue weighted by Gasteiger charge is -2.12. The highest BCUT2D eigenvalue weighted by Gasteiger charge is 2.11. The van der Waals surface area contributed by atoms with Gasteiger partial charge in [0, 0.05) is 11.1 Å². The summed E-state index contributed by atoms with van der Waals surface area (Å²) < 4.78 is 3.06. The lowest BCUT2D eigenvalue weighted by atomic mass is 10.0. The molecule has 0 aliphatic heterocycles. The van der Waals surface area contributed by atoms with Crippen LogP contribution in [0.15, 0.2) is 65.6 Å². The topological polar surface area (TPSA) is 66.4 Å². The Kier molecular flexibility index (Phi) is 5.61. The van der Waals surface area contributed by atoms with E-state index in [2.05, 4.69) is 4.72 Å². The molecule has 0 aromatic heterocycles. The monoisotopic (exact) mass is 383 g/mol. The van der Waals surface area contributed by atoms with Crippen LogP contribution in [-0.4, -0.2) is 17.7 Å². The van der Waals surface area contributed by atoms with Gasteiger partial charge in [0.25, 0.3) is 0 Å². The van der Waals surface area contributed by atoms with Crippen LogP contribution >= 0.6 is 23.5 Å². The lowest BCUT2D eigenvalue weighted by molar-refractivity contribution is 0.111. The Labute approximate surface area is 160 Å². The third kappa shape index (κ3) is 3.90. The highest BCUT2D eigenvalue weighted by Crippen LogP contribution is 2.37. The van der Waals surface area contributed by atoms with E-state index < -0.39 is 0 Å². The molecule has 0 aliphatic rings. The van der Waals surface area contributed by atoms with Crippen LogP contribution in [-0.2, 0) is 0 Å². The van der Waals surface area contributed by atoms with Gasteiger partial charge in [-0.2, -0.15) is 0 Å². The molecule has 0 saturated carbocycles. The van der Waals surface area contributed by atoms with E-state index in [0.717, 1.165) is 29.4 Å². The normalized spacial score (nSPS) is 10.3. The van der Waals surface area contributed by atoms with Crippen molar-refractivity contribution < 1.29 is 14.7 Å². The van der Waals surface area contributed by atoms with E-state index >= 15 is 0 Å². The number of aromatic hydroxyl groups is 1. The minimum absolute atomic E-state index is 0.0903. The van der Waals surface area contributed by atoms with Crippen LogP contribution in [0.4, 0.5) is 5.69 Å². The second-order valence-electron chi connectivity index (χ2n) is 5.46. The smallest absolute Gasteiger partial charge is 0.152 e. The average Bonchev–Trinajstić information content (AvgIpc) is 2.69. The van der Waals surface area contributed by atoms with E-state index in [-0.39, 0.29) is 10.8 Å². The van der Waals surface area contributed by atoms with E-state index in [1.54, 1.807) is 6.07 Å². The van der Waals surface area contributed by atoms with Gasteiger partial charge in [-0.3, -0.25) is 9.59 Å². The van der Waals surface area contributed by atoms with E-state index in [0.29, 0.717) is 28.0 Å². The molecule has 0 spiro atoms. The Bertz CT molecular complexity index is 961. The van der Waals surface area contributed by atoms with Crippen molar-refractivity contribution in [1.29, 1.82) is 0 Å². The number of phenolic OH excluding ortho intramolecular Hbond substituents is 1. The van der Waals surface area contributed by atoms with Gasteiger partial charge in [0.1, 0.15) is 12.0 Å². The van der Waals surface area contributed by atoms with Crippen molar-refractivity contribution in [2.75, 3.05) is 4.72 Å². The summed E-state index contributed by atoms with van der Waals surface area (Å²) in [5, 5.41) is 10.2. The van der Waals surface area contributed by atoms with E-state index in [1.807, 2.05) is 42.5 Å². The predicted octanol–water partition coefficient (Wildman–Crippen LogP) is 5.46. The van der Waals surface area contributed by atoms with Gasteiger partial charge in [-0.15, -0.1) is 0 Å². The molecule has 0 bridgehead atoms. The van der Waals surface area contributed by atoms with E-state index in [4.69, 9.17) is 11.6 Å². The molecule has 2 N–H and O–H groups in total. The highest BCUT2D eigenvalue weighted by molar-refractivity contribution is 8.00. The summed E-state index contributed by atoms with van der Waals surface area (Å²) in [7, 11) is 0. The van der Waals surface area contributed by atoms with Gasteiger partial charge in [0.05, 0.1) is 15.6 Å². The maximum atomic E-state index is 11.3. The lowest BCUT2D eigenvalue weighted by Crippen LogP contribution is -1.95. The molecule has 4 nitrogen and oxygen atoms in total. The second-order valence-corrected chi connectivity index (χ2v) is 6.71. The van der Waals surface area contributed by atoms with Crippen molar-refractivity contribution in [2.45, 2.75) is 4.90 Å². The van der Waals surface area contributed by atoms with Gasteiger partial charge in [-0.25, -0.2) is 0 Å². The molecule has 3 aromatic carbocycles. The van der Waals surface area contributed by atoms with Crippen molar-refractivity contribution in [3.05, 3.63) is 76.8 Å². The number of hydrogen-bond donors (Lipinski definition) is 2. The Balaban J connectivity index is 1.91. The summed E-state index contributed by atoms with van der Waals surface area (Å²) in [5.74, 6) is -0.123.